The lowest BCUT2D eigenvalue weighted by Crippen LogP contribution is -2.52. The summed E-state index contributed by atoms with van der Waals surface area (Å²) in [6.07, 6.45) is 7.10. The Balaban J connectivity index is 1.66. The maximum absolute atomic E-state index is 13.6. The molecule has 28 heavy (non-hydrogen) atoms. The number of nitrogens with zero attached hydrogens (tertiary/aromatic N) is 5. The molecule has 3 aromatic rings. The molecule has 1 aliphatic rings. The predicted molar refractivity (Wildman–Crippen MR) is 105 cm³/mol. The fraction of sp³-hybridized carbons (Fsp3) is 0.550. The molecule has 1 aliphatic carbocycles. The smallest absolute Gasteiger partial charge is 0.248 e. The molecule has 2 atom stereocenters. The zero-order chi connectivity index (χ0) is 19.6. The summed E-state index contributed by atoms with van der Waals surface area (Å²) < 4.78 is 1.65. The Morgan fingerprint density at radius 3 is 2.75 bits per heavy atom. The molecule has 2 heterocycles. The number of nitrogens with one attached hydrogen (secondary N) is 2. The van der Waals surface area contributed by atoms with Crippen molar-refractivity contribution in [3.05, 3.63) is 36.4 Å². The Kier molecular flexibility index (Phi) is 5.11. The maximum atomic E-state index is 13.6. The fourth-order valence-electron chi connectivity index (χ4n) is 4.17. The summed E-state index contributed by atoms with van der Waals surface area (Å²) in [6, 6.07) is 7.74. The van der Waals surface area contributed by atoms with E-state index in [0.29, 0.717) is 0 Å². The second-order valence-electron chi connectivity index (χ2n) is 7.82. The third kappa shape index (κ3) is 3.27. The van der Waals surface area contributed by atoms with E-state index in [1.165, 1.54) is 0 Å². The number of aromatic amines is 1. The van der Waals surface area contributed by atoms with Gasteiger partial charge in [0.1, 0.15) is 17.7 Å². The third-order valence-electron chi connectivity index (χ3n) is 6.09. The number of amides is 1. The molecule has 0 radical (unpaired) electrons. The van der Waals surface area contributed by atoms with Gasteiger partial charge in [-0.15, -0.1) is 5.10 Å². The largest absolute Gasteiger partial charge is 0.344 e. The van der Waals surface area contributed by atoms with Crippen LogP contribution in [0.15, 0.2) is 30.6 Å². The molecule has 2 aromatic heterocycles. The SMILES string of the molecule is CCC(C)C(NC(=O)C1(n2cnnn2)CCCCC1)c1nc2ccccc2[nH]1. The lowest BCUT2D eigenvalue weighted by atomic mass is 9.80. The van der Waals surface area contributed by atoms with E-state index in [9.17, 15) is 4.79 Å². The van der Waals surface area contributed by atoms with Crippen LogP contribution in [0, 0.1) is 5.92 Å². The lowest BCUT2D eigenvalue weighted by molar-refractivity contribution is -0.133. The summed E-state index contributed by atoms with van der Waals surface area (Å²) in [5, 5.41) is 14.9. The number of H-pyrrole nitrogens is 1. The Morgan fingerprint density at radius 2 is 2.07 bits per heavy atom. The Hall–Kier alpha value is -2.77. The van der Waals surface area contributed by atoms with E-state index < -0.39 is 5.54 Å². The Bertz CT molecular complexity index is 894. The standard InChI is InChI=1S/C20H27N7O/c1-3-14(2)17(18-22-15-9-5-6-10-16(15)23-18)24-19(28)20(11-7-4-8-12-20)27-13-21-25-26-27/h5-6,9-10,13-14,17H,3-4,7-8,11-12H2,1-2H3,(H,22,23)(H,24,28). The number of benzene rings is 1. The van der Waals surface area contributed by atoms with E-state index in [2.05, 4.69) is 39.7 Å². The molecule has 8 heteroatoms. The molecule has 148 valence electrons. The molecule has 1 aromatic carbocycles. The zero-order valence-electron chi connectivity index (χ0n) is 16.4. The molecular formula is C20H27N7O. The molecule has 8 nitrogen and oxygen atoms in total. The van der Waals surface area contributed by atoms with Crippen LogP contribution in [0.25, 0.3) is 11.0 Å². The number of para-hydroxylation sites is 2. The molecule has 0 aliphatic heterocycles. The predicted octanol–water partition coefficient (Wildman–Crippen LogP) is 3.11. The summed E-state index contributed by atoms with van der Waals surface area (Å²) in [5.41, 5.74) is 1.17. The fourth-order valence-corrected chi connectivity index (χ4v) is 4.17. The quantitative estimate of drug-likeness (QED) is 0.683. The number of hydrogen-bond donors (Lipinski definition) is 2. The van der Waals surface area contributed by atoms with Crippen molar-refractivity contribution in [2.24, 2.45) is 5.92 Å². The van der Waals surface area contributed by atoms with Crippen molar-refractivity contribution in [1.29, 1.82) is 0 Å². The van der Waals surface area contributed by atoms with Crippen LogP contribution >= 0.6 is 0 Å². The van der Waals surface area contributed by atoms with Crippen molar-refractivity contribution in [3.63, 3.8) is 0 Å². The van der Waals surface area contributed by atoms with E-state index in [0.717, 1.165) is 55.4 Å². The molecule has 1 saturated carbocycles. The van der Waals surface area contributed by atoms with Crippen LogP contribution in [-0.2, 0) is 10.3 Å². The van der Waals surface area contributed by atoms with Gasteiger partial charge in [0.05, 0.1) is 17.1 Å². The van der Waals surface area contributed by atoms with Gasteiger partial charge in [-0.1, -0.05) is 51.7 Å². The van der Waals surface area contributed by atoms with Crippen molar-refractivity contribution in [2.75, 3.05) is 0 Å². The molecule has 2 unspecified atom stereocenters. The zero-order valence-corrected chi connectivity index (χ0v) is 16.4. The van der Waals surface area contributed by atoms with Crippen molar-refractivity contribution in [3.8, 4) is 0 Å². The first-order valence-electron chi connectivity index (χ1n) is 10.1. The highest BCUT2D eigenvalue weighted by Crippen LogP contribution is 2.36. The van der Waals surface area contributed by atoms with E-state index >= 15 is 0 Å². The summed E-state index contributed by atoms with van der Waals surface area (Å²) in [4.78, 5) is 21.7. The van der Waals surface area contributed by atoms with Crippen molar-refractivity contribution >= 4 is 16.9 Å². The van der Waals surface area contributed by atoms with Gasteiger partial charge in [-0.2, -0.15) is 0 Å². The molecule has 1 fully saturated rings. The van der Waals surface area contributed by atoms with Crippen LogP contribution in [0.2, 0.25) is 0 Å². The van der Waals surface area contributed by atoms with Gasteiger partial charge in [-0.3, -0.25) is 4.79 Å². The van der Waals surface area contributed by atoms with Crippen molar-refractivity contribution in [2.45, 2.75) is 64.0 Å². The van der Waals surface area contributed by atoms with Crippen molar-refractivity contribution < 1.29 is 4.79 Å². The number of carbonyl (C=O) groups excluding carboxylic acids is 1. The van der Waals surface area contributed by atoms with Crippen molar-refractivity contribution in [1.82, 2.24) is 35.5 Å². The van der Waals surface area contributed by atoms with E-state index in [1.807, 2.05) is 24.3 Å². The number of carbonyl (C=O) groups is 1. The highest BCUT2D eigenvalue weighted by Gasteiger charge is 2.44. The molecule has 0 bridgehead atoms. The highest BCUT2D eigenvalue weighted by atomic mass is 16.2. The normalized spacial score (nSPS) is 18.6. The van der Waals surface area contributed by atoms with Gasteiger partial charge in [-0.05, 0) is 41.3 Å². The Labute approximate surface area is 164 Å². The van der Waals surface area contributed by atoms with Gasteiger partial charge in [0.25, 0.3) is 0 Å². The summed E-state index contributed by atoms with van der Waals surface area (Å²) in [6.45, 7) is 4.27. The highest BCUT2D eigenvalue weighted by molar-refractivity contribution is 5.85. The topological polar surface area (TPSA) is 101 Å². The van der Waals surface area contributed by atoms with Gasteiger partial charge >= 0.3 is 0 Å². The first kappa shape index (κ1) is 18.6. The van der Waals surface area contributed by atoms with Gasteiger partial charge < -0.3 is 10.3 Å². The number of aromatic nitrogens is 6. The van der Waals surface area contributed by atoms with Crippen LogP contribution in [-0.4, -0.2) is 36.1 Å². The van der Waals surface area contributed by atoms with Gasteiger partial charge in [0.2, 0.25) is 5.91 Å². The summed E-state index contributed by atoms with van der Waals surface area (Å²) in [5.74, 6) is 1.01. The molecule has 0 spiro atoms. The minimum absolute atomic E-state index is 0.0229. The first-order chi connectivity index (χ1) is 13.6. The van der Waals surface area contributed by atoms with Gasteiger partial charge in [0, 0.05) is 0 Å². The number of tetrazole rings is 1. The second-order valence-corrected chi connectivity index (χ2v) is 7.82. The lowest BCUT2D eigenvalue weighted by Gasteiger charge is -2.37. The average molecular weight is 381 g/mol. The van der Waals surface area contributed by atoms with Gasteiger partial charge in [-0.25, -0.2) is 9.67 Å². The van der Waals surface area contributed by atoms with Crippen LogP contribution < -0.4 is 5.32 Å². The molecular weight excluding hydrogens is 354 g/mol. The minimum atomic E-state index is -0.723. The van der Waals surface area contributed by atoms with E-state index in [-0.39, 0.29) is 17.9 Å². The second kappa shape index (κ2) is 7.69. The van der Waals surface area contributed by atoms with Crippen LogP contribution in [0.3, 0.4) is 0 Å². The number of imidazole rings is 1. The molecule has 4 rings (SSSR count). The minimum Gasteiger partial charge on any atom is -0.344 e. The Morgan fingerprint density at radius 1 is 1.29 bits per heavy atom. The number of hydrogen-bond acceptors (Lipinski definition) is 5. The van der Waals surface area contributed by atoms with Crippen LogP contribution in [0.1, 0.15) is 64.2 Å². The van der Waals surface area contributed by atoms with Crippen LogP contribution in [0.5, 0.6) is 0 Å². The molecule has 0 saturated heterocycles. The van der Waals surface area contributed by atoms with E-state index in [4.69, 9.17) is 4.98 Å². The van der Waals surface area contributed by atoms with Gasteiger partial charge in [0.15, 0.2) is 0 Å². The third-order valence-corrected chi connectivity index (χ3v) is 6.09. The maximum Gasteiger partial charge on any atom is 0.248 e. The monoisotopic (exact) mass is 381 g/mol. The van der Waals surface area contributed by atoms with Crippen LogP contribution in [0.4, 0.5) is 0 Å². The summed E-state index contributed by atoms with van der Waals surface area (Å²) >= 11 is 0. The number of fused-ring (bicyclic) bond motifs is 1. The number of rotatable bonds is 6. The molecule has 1 amide bonds. The average Bonchev–Trinajstić information content (AvgIpc) is 3.41. The summed E-state index contributed by atoms with van der Waals surface area (Å²) in [7, 11) is 0. The first-order valence-corrected chi connectivity index (χ1v) is 10.1. The van der Waals surface area contributed by atoms with E-state index in [1.54, 1.807) is 11.0 Å². The molecule has 2 N–H and O–H groups in total.